The van der Waals surface area contributed by atoms with Crippen LogP contribution in [-0.2, 0) is 0 Å². The average molecular weight is 261 g/mol. The zero-order chi connectivity index (χ0) is 12.3. The highest BCUT2D eigenvalue weighted by molar-refractivity contribution is 6.66. The number of nitrogens with zero attached hydrogens (tertiary/aromatic N) is 2. The van der Waals surface area contributed by atoms with Gasteiger partial charge in [-0.15, -0.1) is 0 Å². The van der Waals surface area contributed by atoms with Crippen LogP contribution in [0.2, 0.25) is 5.02 Å². The molecule has 0 radical (unpaired) electrons. The van der Waals surface area contributed by atoms with Crippen molar-refractivity contribution in [1.29, 1.82) is 0 Å². The average Bonchev–Trinajstić information content (AvgIpc) is 2.16. The third kappa shape index (κ3) is 3.18. The van der Waals surface area contributed by atoms with E-state index in [9.17, 15) is 10.1 Å². The zero-order valence-corrected chi connectivity index (χ0v) is 10.3. The Kier molecular flexibility index (Phi) is 4.26. The molecule has 0 aliphatic heterocycles. The Morgan fingerprint density at radius 2 is 2.12 bits per heavy atom. The van der Waals surface area contributed by atoms with Gasteiger partial charge in [-0.05, 0) is 12.1 Å². The van der Waals surface area contributed by atoms with E-state index in [2.05, 4.69) is 4.99 Å². The first kappa shape index (κ1) is 12.9. The van der Waals surface area contributed by atoms with Gasteiger partial charge in [-0.3, -0.25) is 10.1 Å². The predicted octanol–water partition coefficient (Wildman–Crippen LogP) is 4.17. The maximum atomic E-state index is 10.5. The van der Waals surface area contributed by atoms with Gasteiger partial charge in [-0.2, -0.15) is 0 Å². The van der Waals surface area contributed by atoms with Crippen molar-refractivity contribution in [2.24, 2.45) is 10.9 Å². The number of aliphatic imine (C=N–C) groups is 1. The summed E-state index contributed by atoms with van der Waals surface area (Å²) in [5, 5.41) is 11.0. The van der Waals surface area contributed by atoms with Crippen molar-refractivity contribution in [3.63, 3.8) is 0 Å². The summed E-state index contributed by atoms with van der Waals surface area (Å²) >= 11 is 11.6. The van der Waals surface area contributed by atoms with E-state index in [1.54, 1.807) is 0 Å². The molecular weight excluding hydrogens is 251 g/mol. The number of hydrogen-bond donors (Lipinski definition) is 0. The van der Waals surface area contributed by atoms with Gasteiger partial charge in [0.25, 0.3) is 5.69 Å². The molecular formula is C10H10Cl2N2O2. The van der Waals surface area contributed by atoms with Crippen LogP contribution in [0.1, 0.15) is 13.8 Å². The Bertz CT molecular complexity index is 444. The summed E-state index contributed by atoms with van der Waals surface area (Å²) in [7, 11) is 0. The Morgan fingerprint density at radius 3 is 2.56 bits per heavy atom. The molecule has 0 aliphatic carbocycles. The lowest BCUT2D eigenvalue weighted by atomic mass is 10.2. The minimum absolute atomic E-state index is 0.0551. The van der Waals surface area contributed by atoms with Crippen molar-refractivity contribution in [3.05, 3.63) is 33.3 Å². The van der Waals surface area contributed by atoms with E-state index in [0.717, 1.165) is 0 Å². The third-order valence-electron chi connectivity index (χ3n) is 1.84. The van der Waals surface area contributed by atoms with E-state index in [0.29, 0.717) is 10.9 Å². The fourth-order valence-electron chi connectivity index (χ4n) is 0.966. The molecule has 0 fully saturated rings. The molecule has 0 saturated carbocycles. The molecule has 0 unspecified atom stereocenters. The van der Waals surface area contributed by atoms with E-state index in [1.165, 1.54) is 18.2 Å². The Balaban J connectivity index is 3.07. The fraction of sp³-hybridized carbons (Fsp3) is 0.300. The molecule has 0 saturated heterocycles. The molecule has 0 amide bonds. The maximum Gasteiger partial charge on any atom is 0.288 e. The van der Waals surface area contributed by atoms with Crippen LogP contribution in [0.25, 0.3) is 0 Å². The number of hydrogen-bond acceptors (Lipinski definition) is 3. The lowest BCUT2D eigenvalue weighted by molar-refractivity contribution is -0.384. The fourth-order valence-corrected chi connectivity index (χ4v) is 1.31. The van der Waals surface area contributed by atoms with Crippen LogP contribution in [-0.4, -0.2) is 10.1 Å². The molecule has 0 spiro atoms. The molecule has 6 heteroatoms. The van der Waals surface area contributed by atoms with Crippen molar-refractivity contribution >= 4 is 39.7 Å². The molecule has 1 rings (SSSR count). The molecule has 0 bridgehead atoms. The Labute approximate surface area is 103 Å². The van der Waals surface area contributed by atoms with E-state index >= 15 is 0 Å². The molecule has 1 aromatic carbocycles. The van der Waals surface area contributed by atoms with Crippen LogP contribution in [0, 0.1) is 16.0 Å². The lowest BCUT2D eigenvalue weighted by Gasteiger charge is -2.02. The SMILES string of the molecule is CC(C)/C(Cl)=N/c1ccc([N+](=O)[O-])c(Cl)c1. The van der Waals surface area contributed by atoms with Gasteiger partial charge in [0.05, 0.1) is 10.6 Å². The molecule has 16 heavy (non-hydrogen) atoms. The first-order chi connectivity index (χ1) is 7.41. The van der Waals surface area contributed by atoms with Crippen molar-refractivity contribution in [2.75, 3.05) is 0 Å². The first-order valence-electron chi connectivity index (χ1n) is 4.60. The van der Waals surface area contributed by atoms with Crippen LogP contribution in [0.4, 0.5) is 11.4 Å². The molecule has 1 aromatic rings. The van der Waals surface area contributed by atoms with Gasteiger partial charge in [-0.25, -0.2) is 4.99 Å². The van der Waals surface area contributed by atoms with Gasteiger partial charge in [0.2, 0.25) is 0 Å². The molecule has 86 valence electrons. The monoisotopic (exact) mass is 260 g/mol. The number of benzene rings is 1. The number of nitro benzene ring substituents is 1. The summed E-state index contributed by atoms with van der Waals surface area (Å²) in [4.78, 5) is 14.1. The molecule has 0 heterocycles. The second-order valence-electron chi connectivity index (χ2n) is 3.48. The molecule has 0 N–H and O–H groups in total. The van der Waals surface area contributed by atoms with Crippen molar-refractivity contribution < 1.29 is 4.92 Å². The van der Waals surface area contributed by atoms with E-state index < -0.39 is 4.92 Å². The summed E-state index contributed by atoms with van der Waals surface area (Å²) < 4.78 is 0. The second-order valence-corrected chi connectivity index (χ2v) is 4.28. The van der Waals surface area contributed by atoms with Gasteiger partial charge < -0.3 is 0 Å². The summed E-state index contributed by atoms with van der Waals surface area (Å²) in [6, 6.07) is 4.24. The summed E-state index contributed by atoms with van der Waals surface area (Å²) in [6.07, 6.45) is 0. The van der Waals surface area contributed by atoms with Gasteiger partial charge in [0.15, 0.2) is 0 Å². The highest BCUT2D eigenvalue weighted by atomic mass is 35.5. The predicted molar refractivity (Wildman–Crippen MR) is 65.9 cm³/mol. The quantitative estimate of drug-likeness (QED) is 0.465. The summed E-state index contributed by atoms with van der Waals surface area (Å²) in [6.45, 7) is 3.80. The van der Waals surface area contributed by atoms with Crippen LogP contribution >= 0.6 is 23.2 Å². The topological polar surface area (TPSA) is 55.5 Å². The third-order valence-corrected chi connectivity index (χ3v) is 2.66. The molecule has 0 aliphatic rings. The largest absolute Gasteiger partial charge is 0.288 e. The number of rotatable bonds is 3. The van der Waals surface area contributed by atoms with Gasteiger partial charge in [0.1, 0.15) is 10.2 Å². The first-order valence-corrected chi connectivity index (χ1v) is 5.35. The van der Waals surface area contributed by atoms with Crippen LogP contribution in [0.5, 0.6) is 0 Å². The molecule has 0 aromatic heterocycles. The van der Waals surface area contributed by atoms with Crippen molar-refractivity contribution in [3.8, 4) is 0 Å². The summed E-state index contributed by atoms with van der Waals surface area (Å²) in [5.41, 5.74) is 0.371. The van der Waals surface area contributed by atoms with Crippen LogP contribution in [0.15, 0.2) is 23.2 Å². The van der Waals surface area contributed by atoms with E-state index in [1.807, 2.05) is 13.8 Å². The normalized spacial score (nSPS) is 11.9. The van der Waals surface area contributed by atoms with Gasteiger partial charge in [-0.1, -0.05) is 37.0 Å². The maximum absolute atomic E-state index is 10.5. The van der Waals surface area contributed by atoms with Crippen molar-refractivity contribution in [1.82, 2.24) is 0 Å². The molecule has 4 nitrogen and oxygen atoms in total. The highest BCUT2D eigenvalue weighted by Gasteiger charge is 2.12. The summed E-state index contributed by atoms with van der Waals surface area (Å²) in [5.74, 6) is 0.107. The Hall–Kier alpha value is -1.13. The van der Waals surface area contributed by atoms with Crippen LogP contribution in [0.3, 0.4) is 0 Å². The Morgan fingerprint density at radius 1 is 1.50 bits per heavy atom. The number of nitro groups is 1. The minimum Gasteiger partial charge on any atom is -0.258 e. The van der Waals surface area contributed by atoms with E-state index in [4.69, 9.17) is 23.2 Å². The van der Waals surface area contributed by atoms with Crippen LogP contribution < -0.4 is 0 Å². The van der Waals surface area contributed by atoms with E-state index in [-0.39, 0.29) is 16.6 Å². The second kappa shape index (κ2) is 5.27. The minimum atomic E-state index is -0.542. The standard InChI is InChI=1S/C10H10Cl2N2O2/c1-6(2)10(12)13-7-3-4-9(14(15)16)8(11)5-7/h3-6H,1-2H3/b13-10-. The smallest absolute Gasteiger partial charge is 0.258 e. The molecule has 0 atom stereocenters. The lowest BCUT2D eigenvalue weighted by Crippen LogP contribution is -1.97. The van der Waals surface area contributed by atoms with Gasteiger partial charge >= 0.3 is 0 Å². The number of halogens is 2. The van der Waals surface area contributed by atoms with Gasteiger partial charge in [0, 0.05) is 12.0 Å². The highest BCUT2D eigenvalue weighted by Crippen LogP contribution is 2.29. The zero-order valence-electron chi connectivity index (χ0n) is 8.78. The van der Waals surface area contributed by atoms with Crippen molar-refractivity contribution in [2.45, 2.75) is 13.8 Å².